The van der Waals surface area contributed by atoms with E-state index < -0.39 is 0 Å². The zero-order valence-corrected chi connectivity index (χ0v) is 18.4. The summed E-state index contributed by atoms with van der Waals surface area (Å²) in [6.07, 6.45) is 3.25. The molecule has 0 aliphatic carbocycles. The Hall–Kier alpha value is -3.23. The first-order valence-corrected chi connectivity index (χ1v) is 11.0. The molecular formula is C23H25N5O2S. The van der Waals surface area contributed by atoms with Crippen LogP contribution in [0.1, 0.15) is 28.5 Å². The van der Waals surface area contributed by atoms with Crippen molar-refractivity contribution in [2.75, 3.05) is 13.6 Å². The summed E-state index contributed by atoms with van der Waals surface area (Å²) in [5.74, 6) is 0.546. The summed E-state index contributed by atoms with van der Waals surface area (Å²) in [6.45, 7) is 4.05. The molecule has 0 saturated carbocycles. The second-order valence-electron chi connectivity index (χ2n) is 7.54. The van der Waals surface area contributed by atoms with Crippen LogP contribution in [0.2, 0.25) is 0 Å². The Balaban J connectivity index is 1.28. The normalized spacial score (nSPS) is 12.2. The van der Waals surface area contributed by atoms with E-state index in [2.05, 4.69) is 56.3 Å². The topological polar surface area (TPSA) is 71.8 Å². The molecular weight excluding hydrogens is 410 g/mol. The van der Waals surface area contributed by atoms with E-state index in [1.807, 2.05) is 19.1 Å². The van der Waals surface area contributed by atoms with E-state index in [0.717, 1.165) is 18.8 Å². The Labute approximate surface area is 185 Å². The van der Waals surface area contributed by atoms with E-state index in [-0.39, 0.29) is 12.0 Å². The molecule has 1 aromatic carbocycles. The Bertz CT molecular complexity index is 1110. The van der Waals surface area contributed by atoms with Gasteiger partial charge in [0.1, 0.15) is 11.9 Å². The van der Waals surface area contributed by atoms with Crippen LogP contribution >= 0.6 is 11.3 Å². The van der Waals surface area contributed by atoms with Crippen LogP contribution in [0.3, 0.4) is 0 Å². The summed E-state index contributed by atoms with van der Waals surface area (Å²) in [5, 5.41) is 11.4. The van der Waals surface area contributed by atoms with Gasteiger partial charge in [-0.05, 0) is 60.1 Å². The van der Waals surface area contributed by atoms with Gasteiger partial charge in [0.15, 0.2) is 11.3 Å². The Morgan fingerprint density at radius 1 is 1.23 bits per heavy atom. The van der Waals surface area contributed by atoms with Gasteiger partial charge >= 0.3 is 0 Å². The van der Waals surface area contributed by atoms with Crippen LogP contribution in [0, 0.1) is 0 Å². The van der Waals surface area contributed by atoms with Crippen molar-refractivity contribution in [3.05, 3.63) is 82.4 Å². The number of benzene rings is 1. The van der Waals surface area contributed by atoms with Crippen molar-refractivity contribution in [1.82, 2.24) is 24.8 Å². The van der Waals surface area contributed by atoms with Crippen molar-refractivity contribution < 1.29 is 9.53 Å². The first-order chi connectivity index (χ1) is 15.1. The predicted molar refractivity (Wildman–Crippen MR) is 121 cm³/mol. The van der Waals surface area contributed by atoms with Crippen LogP contribution in [-0.2, 0) is 13.1 Å². The molecule has 3 aromatic heterocycles. The average Bonchev–Trinajstić information content (AvgIpc) is 3.41. The van der Waals surface area contributed by atoms with Crippen molar-refractivity contribution in [3.8, 4) is 5.75 Å². The van der Waals surface area contributed by atoms with Crippen molar-refractivity contribution in [2.24, 2.45) is 0 Å². The van der Waals surface area contributed by atoms with Gasteiger partial charge in [0.2, 0.25) is 0 Å². The molecule has 0 bridgehead atoms. The molecule has 0 fully saturated rings. The molecule has 0 spiro atoms. The molecule has 1 amide bonds. The number of thiophene rings is 1. The maximum Gasteiger partial charge on any atom is 0.272 e. The molecule has 0 saturated heterocycles. The Morgan fingerprint density at radius 2 is 2.10 bits per heavy atom. The van der Waals surface area contributed by atoms with E-state index in [1.54, 1.807) is 40.4 Å². The number of aromatic nitrogens is 3. The Kier molecular flexibility index (Phi) is 6.59. The van der Waals surface area contributed by atoms with Gasteiger partial charge in [-0.15, -0.1) is 0 Å². The highest BCUT2D eigenvalue weighted by molar-refractivity contribution is 7.07. The molecule has 0 radical (unpaired) electrons. The number of rotatable bonds is 9. The number of carbonyl (C=O) groups excluding carboxylic acids is 1. The molecule has 8 heteroatoms. The molecule has 1 unspecified atom stereocenters. The highest BCUT2D eigenvalue weighted by Gasteiger charge is 2.13. The van der Waals surface area contributed by atoms with Crippen LogP contribution < -0.4 is 10.1 Å². The fourth-order valence-corrected chi connectivity index (χ4v) is 3.98. The first kappa shape index (κ1) is 21.0. The molecule has 0 aliphatic heterocycles. The van der Waals surface area contributed by atoms with Crippen molar-refractivity contribution in [3.63, 3.8) is 0 Å². The molecule has 1 atom stereocenters. The molecule has 0 aliphatic rings. The van der Waals surface area contributed by atoms with Gasteiger partial charge < -0.3 is 10.1 Å². The summed E-state index contributed by atoms with van der Waals surface area (Å²) < 4.78 is 7.60. The number of fused-ring (bicyclic) bond motifs is 1. The summed E-state index contributed by atoms with van der Waals surface area (Å²) >= 11 is 1.72. The van der Waals surface area contributed by atoms with Crippen molar-refractivity contribution in [1.29, 1.82) is 0 Å². The largest absolute Gasteiger partial charge is 0.489 e. The monoisotopic (exact) mass is 435 g/mol. The minimum absolute atomic E-state index is 0.183. The zero-order chi connectivity index (χ0) is 21.6. The van der Waals surface area contributed by atoms with E-state index in [0.29, 0.717) is 17.9 Å². The lowest BCUT2D eigenvalue weighted by molar-refractivity contribution is 0.0927. The average molecular weight is 436 g/mol. The molecule has 1 N–H and O–H groups in total. The molecule has 31 heavy (non-hydrogen) atoms. The van der Waals surface area contributed by atoms with Crippen molar-refractivity contribution >= 4 is 22.9 Å². The lowest BCUT2D eigenvalue weighted by Gasteiger charge is -2.18. The Morgan fingerprint density at radius 3 is 2.90 bits per heavy atom. The smallest absolute Gasteiger partial charge is 0.272 e. The van der Waals surface area contributed by atoms with Gasteiger partial charge in [-0.3, -0.25) is 9.69 Å². The third-order valence-corrected chi connectivity index (χ3v) is 5.47. The van der Waals surface area contributed by atoms with Crippen LogP contribution in [0.15, 0.2) is 65.6 Å². The standard InChI is InChI=1S/C23H25N5O2S/c1-17(13-25-23(29)21-12-22-24-8-4-9-28(22)26-21)30-20-6-3-5-18(11-20)14-27(2)15-19-7-10-31-16-19/h3-12,16-17H,13-15H2,1-2H3,(H,25,29). The summed E-state index contributed by atoms with van der Waals surface area (Å²) in [7, 11) is 2.11. The van der Waals surface area contributed by atoms with Crippen LogP contribution in [-0.4, -0.2) is 45.1 Å². The minimum Gasteiger partial charge on any atom is -0.489 e. The number of amides is 1. The summed E-state index contributed by atoms with van der Waals surface area (Å²) in [5.41, 5.74) is 3.48. The van der Waals surface area contributed by atoms with Gasteiger partial charge in [-0.1, -0.05) is 12.1 Å². The fourth-order valence-electron chi connectivity index (χ4n) is 3.32. The molecule has 4 aromatic rings. The lowest BCUT2D eigenvalue weighted by Crippen LogP contribution is -2.33. The highest BCUT2D eigenvalue weighted by atomic mass is 32.1. The van der Waals surface area contributed by atoms with Gasteiger partial charge in [0.05, 0.1) is 6.54 Å². The van der Waals surface area contributed by atoms with E-state index in [4.69, 9.17) is 4.74 Å². The number of nitrogens with one attached hydrogen (secondary N) is 1. The van der Waals surface area contributed by atoms with Gasteiger partial charge in [-0.25, -0.2) is 9.50 Å². The van der Waals surface area contributed by atoms with E-state index in [9.17, 15) is 4.79 Å². The van der Waals surface area contributed by atoms with E-state index >= 15 is 0 Å². The molecule has 4 rings (SSSR count). The van der Waals surface area contributed by atoms with Crippen LogP contribution in [0.25, 0.3) is 5.65 Å². The first-order valence-electron chi connectivity index (χ1n) is 10.1. The van der Waals surface area contributed by atoms with Gasteiger partial charge in [0.25, 0.3) is 5.91 Å². The number of carbonyl (C=O) groups is 1. The number of nitrogens with zero attached hydrogens (tertiary/aromatic N) is 4. The van der Waals surface area contributed by atoms with Gasteiger partial charge in [-0.2, -0.15) is 16.4 Å². The van der Waals surface area contributed by atoms with Crippen LogP contribution in [0.4, 0.5) is 0 Å². The van der Waals surface area contributed by atoms with E-state index in [1.165, 1.54) is 11.1 Å². The van der Waals surface area contributed by atoms with Crippen LogP contribution in [0.5, 0.6) is 5.75 Å². The second kappa shape index (κ2) is 9.72. The second-order valence-corrected chi connectivity index (χ2v) is 8.32. The number of hydrogen-bond donors (Lipinski definition) is 1. The lowest BCUT2D eigenvalue weighted by atomic mass is 10.2. The molecule has 7 nitrogen and oxygen atoms in total. The SMILES string of the molecule is CC(CNC(=O)c1cc2ncccn2n1)Oc1cccc(CN(C)Cc2ccsc2)c1. The maximum atomic E-state index is 12.4. The third-order valence-electron chi connectivity index (χ3n) is 4.74. The maximum absolute atomic E-state index is 12.4. The zero-order valence-electron chi connectivity index (χ0n) is 17.6. The number of ether oxygens (including phenoxy) is 1. The summed E-state index contributed by atoms with van der Waals surface area (Å²) in [6, 6.07) is 13.7. The third kappa shape index (κ3) is 5.68. The highest BCUT2D eigenvalue weighted by Crippen LogP contribution is 2.17. The molecule has 3 heterocycles. The minimum atomic E-state index is -0.246. The number of hydrogen-bond acceptors (Lipinski definition) is 6. The van der Waals surface area contributed by atoms with Gasteiger partial charge in [0, 0.05) is 31.5 Å². The predicted octanol–water partition coefficient (Wildman–Crippen LogP) is 3.62. The van der Waals surface area contributed by atoms with Crippen molar-refractivity contribution in [2.45, 2.75) is 26.1 Å². The fraction of sp³-hybridized carbons (Fsp3) is 0.261. The molecule has 160 valence electrons. The quantitative estimate of drug-likeness (QED) is 0.435. The summed E-state index contributed by atoms with van der Waals surface area (Å²) in [4.78, 5) is 18.9.